The quantitative estimate of drug-likeness (QED) is 0.857. The van der Waals surface area contributed by atoms with Gasteiger partial charge in [0.15, 0.2) is 0 Å². The normalized spacial score (nSPS) is 11.7. The number of nitrogens with one attached hydrogen (secondary N) is 1. The van der Waals surface area contributed by atoms with E-state index in [2.05, 4.69) is 17.2 Å². The van der Waals surface area contributed by atoms with Gasteiger partial charge in [0, 0.05) is 16.8 Å². The fourth-order valence-corrected chi connectivity index (χ4v) is 2.07. The molecular weight excluding hydrogens is 238 g/mol. The summed E-state index contributed by atoms with van der Waals surface area (Å²) in [5.74, 6) is 0.554. The molecule has 0 unspecified atom stereocenters. The fourth-order valence-electron chi connectivity index (χ4n) is 2.07. The number of pyridine rings is 1. The van der Waals surface area contributed by atoms with Crippen LogP contribution in [0, 0.1) is 0 Å². The van der Waals surface area contributed by atoms with Crippen molar-refractivity contribution >= 4 is 11.7 Å². The van der Waals surface area contributed by atoms with Crippen LogP contribution in [0.4, 0.5) is 5.82 Å². The van der Waals surface area contributed by atoms with Crippen molar-refractivity contribution in [2.24, 2.45) is 0 Å². The lowest BCUT2D eigenvalue weighted by Gasteiger charge is -2.26. The number of carbonyl (C=O) groups excluding carboxylic acids is 1. The van der Waals surface area contributed by atoms with E-state index in [-0.39, 0.29) is 17.4 Å². The fraction of sp³-hybridized carbons (Fsp3) is 0.600. The summed E-state index contributed by atoms with van der Waals surface area (Å²) in [6.45, 7) is 10.2. The maximum atomic E-state index is 12.3. The number of hydrogen-bond donors (Lipinski definition) is 2. The summed E-state index contributed by atoms with van der Waals surface area (Å²) < 4.78 is 0. The number of nitrogens with two attached hydrogens (primary N) is 1. The third-order valence-corrected chi connectivity index (χ3v) is 3.05. The molecule has 106 valence electrons. The first-order valence-electron chi connectivity index (χ1n) is 6.85. The Labute approximate surface area is 115 Å². The molecule has 0 saturated carbocycles. The zero-order chi connectivity index (χ0) is 14.6. The average Bonchev–Trinajstić information content (AvgIpc) is 2.27. The van der Waals surface area contributed by atoms with Crippen molar-refractivity contribution < 1.29 is 4.79 Å². The van der Waals surface area contributed by atoms with E-state index in [0.29, 0.717) is 11.4 Å². The standard InChI is InChI=1S/C15H25N3O/c1-6-7-15(4,5)18-14(19)11-8-12(10(2)3)17-13(16)9-11/h8-10H,6-7H2,1-5H3,(H2,16,17)(H,18,19). The van der Waals surface area contributed by atoms with Crippen molar-refractivity contribution in [3.05, 3.63) is 23.4 Å². The lowest BCUT2D eigenvalue weighted by Crippen LogP contribution is -2.43. The molecule has 0 aliphatic heterocycles. The topological polar surface area (TPSA) is 68.0 Å². The number of aromatic nitrogens is 1. The number of carbonyl (C=O) groups is 1. The van der Waals surface area contributed by atoms with Crippen LogP contribution in [0.25, 0.3) is 0 Å². The highest BCUT2D eigenvalue weighted by Gasteiger charge is 2.20. The molecule has 0 saturated heterocycles. The van der Waals surface area contributed by atoms with Crippen LogP contribution in [0.5, 0.6) is 0 Å². The number of rotatable bonds is 5. The molecule has 1 aromatic heterocycles. The maximum Gasteiger partial charge on any atom is 0.251 e. The molecule has 0 aromatic carbocycles. The summed E-state index contributed by atoms with van der Waals surface area (Å²) in [4.78, 5) is 16.5. The molecule has 1 amide bonds. The van der Waals surface area contributed by atoms with Gasteiger partial charge < -0.3 is 11.1 Å². The Morgan fingerprint density at radius 2 is 2.05 bits per heavy atom. The average molecular weight is 263 g/mol. The zero-order valence-corrected chi connectivity index (χ0v) is 12.6. The minimum atomic E-state index is -0.206. The van der Waals surface area contributed by atoms with Crippen LogP contribution in [0.3, 0.4) is 0 Å². The number of hydrogen-bond acceptors (Lipinski definition) is 3. The van der Waals surface area contributed by atoms with E-state index in [4.69, 9.17) is 5.73 Å². The molecule has 1 heterocycles. The largest absolute Gasteiger partial charge is 0.384 e. The lowest BCUT2D eigenvalue weighted by atomic mass is 9.98. The predicted octanol–water partition coefficient (Wildman–Crippen LogP) is 3.10. The number of nitrogen functional groups attached to an aromatic ring is 1. The minimum absolute atomic E-state index is 0.0885. The highest BCUT2D eigenvalue weighted by Crippen LogP contribution is 2.17. The molecule has 3 N–H and O–H groups in total. The SMILES string of the molecule is CCCC(C)(C)NC(=O)c1cc(N)nc(C(C)C)c1. The van der Waals surface area contributed by atoms with Gasteiger partial charge in [0.2, 0.25) is 0 Å². The predicted molar refractivity (Wildman–Crippen MR) is 79.2 cm³/mol. The monoisotopic (exact) mass is 263 g/mol. The molecule has 0 fully saturated rings. The van der Waals surface area contributed by atoms with Crippen molar-refractivity contribution in [3.63, 3.8) is 0 Å². The molecule has 0 atom stereocenters. The molecule has 1 aromatic rings. The van der Waals surface area contributed by atoms with E-state index in [9.17, 15) is 4.79 Å². The second kappa shape index (κ2) is 6.04. The van der Waals surface area contributed by atoms with Crippen LogP contribution < -0.4 is 11.1 Å². The van der Waals surface area contributed by atoms with Gasteiger partial charge in [0.25, 0.3) is 5.91 Å². The van der Waals surface area contributed by atoms with Gasteiger partial charge in [-0.1, -0.05) is 27.2 Å². The van der Waals surface area contributed by atoms with Crippen LogP contribution in [0.2, 0.25) is 0 Å². The van der Waals surface area contributed by atoms with E-state index in [1.54, 1.807) is 6.07 Å². The van der Waals surface area contributed by atoms with Crippen molar-refractivity contribution in [2.75, 3.05) is 5.73 Å². The van der Waals surface area contributed by atoms with Crippen LogP contribution in [-0.2, 0) is 0 Å². The molecular formula is C15H25N3O. The molecule has 0 radical (unpaired) electrons. The van der Waals surface area contributed by atoms with Crippen LogP contribution in [-0.4, -0.2) is 16.4 Å². The second-order valence-corrected chi connectivity index (χ2v) is 5.95. The minimum Gasteiger partial charge on any atom is -0.384 e. The number of nitrogens with zero attached hydrogens (tertiary/aromatic N) is 1. The van der Waals surface area contributed by atoms with E-state index >= 15 is 0 Å². The molecule has 1 rings (SSSR count). The lowest BCUT2D eigenvalue weighted by molar-refractivity contribution is 0.0909. The molecule has 0 spiro atoms. The zero-order valence-electron chi connectivity index (χ0n) is 12.6. The van der Waals surface area contributed by atoms with Crippen LogP contribution in [0.1, 0.15) is 69.4 Å². The Hall–Kier alpha value is -1.58. The van der Waals surface area contributed by atoms with Gasteiger partial charge in [-0.15, -0.1) is 0 Å². The second-order valence-electron chi connectivity index (χ2n) is 5.95. The maximum absolute atomic E-state index is 12.3. The summed E-state index contributed by atoms with van der Waals surface area (Å²) in [7, 11) is 0. The molecule has 0 bridgehead atoms. The van der Waals surface area contributed by atoms with Crippen molar-refractivity contribution in [3.8, 4) is 0 Å². The number of amides is 1. The van der Waals surface area contributed by atoms with Gasteiger partial charge >= 0.3 is 0 Å². The van der Waals surface area contributed by atoms with Crippen LogP contribution >= 0.6 is 0 Å². The summed E-state index contributed by atoms with van der Waals surface area (Å²) in [6.07, 6.45) is 1.97. The Bertz CT molecular complexity index is 453. The van der Waals surface area contributed by atoms with Crippen LogP contribution in [0.15, 0.2) is 12.1 Å². The van der Waals surface area contributed by atoms with Crippen molar-refractivity contribution in [2.45, 2.75) is 58.9 Å². The van der Waals surface area contributed by atoms with Gasteiger partial charge in [0.05, 0.1) is 0 Å². The van der Waals surface area contributed by atoms with Gasteiger partial charge in [-0.2, -0.15) is 0 Å². The smallest absolute Gasteiger partial charge is 0.251 e. The Kier molecular flexibility index (Phi) is 4.92. The van der Waals surface area contributed by atoms with Gasteiger partial charge in [-0.25, -0.2) is 4.98 Å². The Balaban J connectivity index is 2.94. The molecule has 0 aliphatic carbocycles. The van der Waals surface area contributed by atoms with E-state index in [1.165, 1.54) is 0 Å². The molecule has 19 heavy (non-hydrogen) atoms. The highest BCUT2D eigenvalue weighted by atomic mass is 16.1. The summed E-state index contributed by atoms with van der Waals surface area (Å²) in [5.41, 5.74) is 6.99. The van der Waals surface area contributed by atoms with Gasteiger partial charge in [0.1, 0.15) is 5.82 Å². The Morgan fingerprint density at radius 1 is 1.42 bits per heavy atom. The summed E-state index contributed by atoms with van der Waals surface area (Å²) in [6, 6.07) is 3.45. The third kappa shape index (κ3) is 4.54. The highest BCUT2D eigenvalue weighted by molar-refractivity contribution is 5.95. The third-order valence-electron chi connectivity index (χ3n) is 3.05. The summed E-state index contributed by atoms with van der Waals surface area (Å²) in [5, 5.41) is 3.04. The van der Waals surface area contributed by atoms with E-state index in [1.807, 2.05) is 33.8 Å². The first-order valence-corrected chi connectivity index (χ1v) is 6.85. The molecule has 0 aliphatic rings. The first kappa shape index (κ1) is 15.5. The van der Waals surface area contributed by atoms with Gasteiger partial charge in [-0.05, 0) is 38.3 Å². The van der Waals surface area contributed by atoms with Crippen molar-refractivity contribution in [1.82, 2.24) is 10.3 Å². The summed E-state index contributed by atoms with van der Waals surface area (Å²) >= 11 is 0. The van der Waals surface area contributed by atoms with Gasteiger partial charge in [-0.3, -0.25) is 4.79 Å². The van der Waals surface area contributed by atoms with E-state index < -0.39 is 0 Å². The number of anilines is 1. The molecule has 4 heteroatoms. The van der Waals surface area contributed by atoms with Crippen molar-refractivity contribution in [1.29, 1.82) is 0 Å². The first-order chi connectivity index (χ1) is 8.75. The van der Waals surface area contributed by atoms with E-state index in [0.717, 1.165) is 18.5 Å². The molecule has 4 nitrogen and oxygen atoms in total. The Morgan fingerprint density at radius 3 is 2.58 bits per heavy atom.